The van der Waals surface area contributed by atoms with Gasteiger partial charge in [-0.1, -0.05) is 33.6 Å². The minimum Gasteiger partial charge on any atom is -0.391 e. The quantitative estimate of drug-likeness (QED) is 0.895. The third-order valence-electron chi connectivity index (χ3n) is 2.79. The number of benzene rings is 1. The van der Waals surface area contributed by atoms with Crippen molar-refractivity contribution in [1.29, 1.82) is 0 Å². The molecule has 3 N–H and O–H groups in total. The Hall–Kier alpha value is 0.200. The number of aliphatic hydroxyl groups excluding tert-OH is 1. The summed E-state index contributed by atoms with van der Waals surface area (Å²) in [6.45, 7) is 0. The van der Waals surface area contributed by atoms with Gasteiger partial charge in [0.25, 0.3) is 0 Å². The van der Waals surface area contributed by atoms with Crippen LogP contribution in [0.5, 0.6) is 0 Å². The lowest BCUT2D eigenvalue weighted by Gasteiger charge is -2.20. The summed E-state index contributed by atoms with van der Waals surface area (Å²) in [7, 11) is 0. The molecule has 5 heteroatoms. The largest absolute Gasteiger partial charge is 0.391 e. The molecule has 1 aliphatic carbocycles. The number of hydrogen-bond donors (Lipinski definition) is 2. The number of nitrogens with two attached hydrogens (primary N) is 1. The summed E-state index contributed by atoms with van der Waals surface area (Å²) in [6.07, 6.45) is 1.72. The van der Waals surface area contributed by atoms with Crippen LogP contribution in [0.2, 0.25) is 5.02 Å². The molecule has 0 aromatic heterocycles. The molecule has 0 bridgehead atoms. The highest BCUT2D eigenvalue weighted by Gasteiger charge is 2.34. The topological polar surface area (TPSA) is 46.2 Å². The van der Waals surface area contributed by atoms with Crippen molar-refractivity contribution < 1.29 is 5.11 Å². The van der Waals surface area contributed by atoms with Gasteiger partial charge in [0.1, 0.15) is 0 Å². The van der Waals surface area contributed by atoms with Crippen molar-refractivity contribution in [2.75, 3.05) is 0 Å². The van der Waals surface area contributed by atoms with Crippen molar-refractivity contribution in [3.05, 3.63) is 33.3 Å². The lowest BCUT2D eigenvalue weighted by Crippen LogP contribution is -2.28. The van der Waals surface area contributed by atoms with Gasteiger partial charge in [-0.15, -0.1) is 12.4 Å². The predicted octanol–water partition coefficient (Wildman–Crippen LogP) is 3.30. The molecule has 0 radical (unpaired) electrons. The van der Waals surface area contributed by atoms with Crippen molar-refractivity contribution in [3.8, 4) is 0 Å². The zero-order valence-corrected chi connectivity index (χ0v) is 11.7. The second-order valence-corrected chi connectivity index (χ2v) is 5.31. The fraction of sp³-hybridized carbons (Fsp3) is 0.455. The van der Waals surface area contributed by atoms with E-state index >= 15 is 0 Å². The van der Waals surface area contributed by atoms with E-state index in [0.717, 1.165) is 22.9 Å². The third kappa shape index (κ3) is 3.11. The van der Waals surface area contributed by atoms with Crippen molar-refractivity contribution >= 4 is 39.9 Å². The standard InChI is InChI=1S/C11H13BrClNO.ClH/c12-9-5-7(13)3-4-8(9)10(14)11(15)6-1-2-6;/h3-6,10-11,15H,1-2,14H2;1H/t10-,11+;/m1./s1. The van der Waals surface area contributed by atoms with Crippen LogP contribution in [0.15, 0.2) is 22.7 Å². The highest BCUT2D eigenvalue weighted by atomic mass is 79.9. The molecule has 0 unspecified atom stereocenters. The van der Waals surface area contributed by atoms with Crippen molar-refractivity contribution in [2.45, 2.75) is 25.0 Å². The Morgan fingerprint density at radius 2 is 2.06 bits per heavy atom. The van der Waals surface area contributed by atoms with Crippen LogP contribution in [-0.4, -0.2) is 11.2 Å². The summed E-state index contributed by atoms with van der Waals surface area (Å²) in [5.74, 6) is 0.377. The van der Waals surface area contributed by atoms with Crippen molar-refractivity contribution in [1.82, 2.24) is 0 Å². The van der Waals surface area contributed by atoms with Crippen LogP contribution in [0.1, 0.15) is 24.4 Å². The molecule has 0 heterocycles. The molecular weight excluding hydrogens is 313 g/mol. The smallest absolute Gasteiger partial charge is 0.0761 e. The fourth-order valence-corrected chi connectivity index (χ4v) is 2.63. The highest BCUT2D eigenvalue weighted by molar-refractivity contribution is 9.10. The van der Waals surface area contributed by atoms with Gasteiger partial charge in [-0.05, 0) is 36.5 Å². The van der Waals surface area contributed by atoms with Gasteiger partial charge in [-0.2, -0.15) is 0 Å². The van der Waals surface area contributed by atoms with Gasteiger partial charge in [0.05, 0.1) is 12.1 Å². The normalized spacial score (nSPS) is 18.8. The van der Waals surface area contributed by atoms with Crippen LogP contribution in [0.3, 0.4) is 0 Å². The average Bonchev–Trinajstić information content (AvgIpc) is 2.99. The maximum Gasteiger partial charge on any atom is 0.0761 e. The SMILES string of the molecule is Cl.N[C@H](c1ccc(Cl)cc1Br)[C@@H](O)C1CC1. The first-order chi connectivity index (χ1) is 7.09. The molecule has 0 saturated heterocycles. The first-order valence-corrected chi connectivity index (χ1v) is 6.15. The zero-order valence-electron chi connectivity index (χ0n) is 8.57. The van der Waals surface area contributed by atoms with E-state index in [1.165, 1.54) is 0 Å². The van der Waals surface area contributed by atoms with Crippen molar-refractivity contribution in [2.24, 2.45) is 11.7 Å². The molecule has 90 valence electrons. The van der Waals surface area contributed by atoms with Crippen molar-refractivity contribution in [3.63, 3.8) is 0 Å². The van der Waals surface area contributed by atoms with E-state index in [1.54, 1.807) is 12.1 Å². The first-order valence-electron chi connectivity index (χ1n) is 4.98. The van der Waals surface area contributed by atoms with Crippen LogP contribution >= 0.6 is 39.9 Å². The minimum absolute atomic E-state index is 0. The van der Waals surface area contributed by atoms with Gasteiger partial charge in [0.15, 0.2) is 0 Å². The molecule has 1 aromatic rings. The summed E-state index contributed by atoms with van der Waals surface area (Å²) in [5.41, 5.74) is 6.92. The van der Waals surface area contributed by atoms with E-state index in [2.05, 4.69) is 15.9 Å². The van der Waals surface area contributed by atoms with E-state index in [-0.39, 0.29) is 18.4 Å². The predicted molar refractivity (Wildman–Crippen MR) is 72.1 cm³/mol. The highest BCUT2D eigenvalue weighted by Crippen LogP contribution is 2.38. The Labute approximate surface area is 115 Å². The fourth-order valence-electron chi connectivity index (χ4n) is 1.69. The van der Waals surface area contributed by atoms with Crippen LogP contribution in [0, 0.1) is 5.92 Å². The molecule has 2 atom stereocenters. The van der Waals surface area contributed by atoms with Gasteiger partial charge in [0, 0.05) is 9.50 Å². The monoisotopic (exact) mass is 325 g/mol. The Morgan fingerprint density at radius 3 is 2.56 bits per heavy atom. The molecule has 0 amide bonds. The zero-order chi connectivity index (χ0) is 11.0. The Kier molecular flexibility index (Phi) is 5.08. The van der Waals surface area contributed by atoms with E-state index in [9.17, 15) is 5.11 Å². The van der Waals surface area contributed by atoms with Crippen LogP contribution < -0.4 is 5.73 Å². The summed E-state index contributed by atoms with van der Waals surface area (Å²) in [4.78, 5) is 0. The van der Waals surface area contributed by atoms with E-state index in [4.69, 9.17) is 17.3 Å². The van der Waals surface area contributed by atoms with E-state index in [1.807, 2.05) is 6.07 Å². The Balaban J connectivity index is 0.00000128. The summed E-state index contributed by atoms with van der Waals surface area (Å²) < 4.78 is 0.863. The van der Waals surface area contributed by atoms with Gasteiger partial charge in [-0.3, -0.25) is 0 Å². The molecule has 2 nitrogen and oxygen atoms in total. The molecule has 1 saturated carbocycles. The molecule has 16 heavy (non-hydrogen) atoms. The molecule has 1 aliphatic rings. The Bertz CT molecular complexity index is 371. The molecular formula is C11H14BrCl2NO. The van der Waals surface area contributed by atoms with Crippen LogP contribution in [0.25, 0.3) is 0 Å². The number of halogens is 3. The van der Waals surface area contributed by atoms with Crippen LogP contribution in [-0.2, 0) is 0 Å². The van der Waals surface area contributed by atoms with E-state index < -0.39 is 6.10 Å². The van der Waals surface area contributed by atoms with Gasteiger partial charge < -0.3 is 10.8 Å². The second kappa shape index (κ2) is 5.69. The lowest BCUT2D eigenvalue weighted by atomic mass is 9.99. The molecule has 0 spiro atoms. The minimum atomic E-state index is -0.442. The number of aliphatic hydroxyl groups is 1. The summed E-state index contributed by atoms with van der Waals surface area (Å²) >= 11 is 9.25. The second-order valence-electron chi connectivity index (χ2n) is 4.02. The molecule has 1 fully saturated rings. The lowest BCUT2D eigenvalue weighted by molar-refractivity contribution is 0.122. The van der Waals surface area contributed by atoms with Gasteiger partial charge in [0.2, 0.25) is 0 Å². The van der Waals surface area contributed by atoms with Gasteiger partial charge >= 0.3 is 0 Å². The number of hydrogen-bond acceptors (Lipinski definition) is 2. The first kappa shape index (κ1) is 14.3. The van der Waals surface area contributed by atoms with E-state index in [0.29, 0.717) is 10.9 Å². The molecule has 2 rings (SSSR count). The third-order valence-corrected chi connectivity index (χ3v) is 3.72. The maximum atomic E-state index is 9.93. The maximum absolute atomic E-state index is 9.93. The molecule has 0 aliphatic heterocycles. The average molecular weight is 327 g/mol. The van der Waals surface area contributed by atoms with Gasteiger partial charge in [-0.25, -0.2) is 0 Å². The van der Waals surface area contributed by atoms with Crippen LogP contribution in [0.4, 0.5) is 0 Å². The number of rotatable bonds is 3. The summed E-state index contributed by atoms with van der Waals surface area (Å²) in [6, 6.07) is 5.13. The Morgan fingerprint density at radius 1 is 1.44 bits per heavy atom. The molecule has 1 aromatic carbocycles. The summed E-state index contributed by atoms with van der Waals surface area (Å²) in [5, 5.41) is 10.6.